The van der Waals surface area contributed by atoms with Crippen molar-refractivity contribution < 1.29 is 20.1 Å². The second kappa shape index (κ2) is 16.1. The van der Waals surface area contributed by atoms with Crippen molar-refractivity contribution in [2.75, 3.05) is 25.5 Å². The van der Waals surface area contributed by atoms with Crippen LogP contribution in [0.2, 0.25) is 0 Å². The number of carbonyl (C=O) groups is 1. The maximum absolute atomic E-state index is 12.0. The summed E-state index contributed by atoms with van der Waals surface area (Å²) < 4.78 is 0.796. The number of aliphatic imine (C=N–C) groups is 1. The molecule has 36 heavy (non-hydrogen) atoms. The summed E-state index contributed by atoms with van der Waals surface area (Å²) in [7, 11) is 1.69. The van der Waals surface area contributed by atoms with E-state index in [0.717, 1.165) is 15.9 Å². The topological polar surface area (TPSA) is 138 Å². The van der Waals surface area contributed by atoms with Crippen molar-refractivity contribution in [2.45, 2.75) is 33.7 Å². The third-order valence-electron chi connectivity index (χ3n) is 4.64. The molecule has 1 unspecified atom stereocenters. The number of nitrogens with zero attached hydrogens (tertiary/aromatic N) is 1. The van der Waals surface area contributed by atoms with Crippen LogP contribution in [0.5, 0.6) is 17.2 Å². The summed E-state index contributed by atoms with van der Waals surface area (Å²) in [5, 5.41) is 41.2. The number of anilines is 1. The molecule has 10 heteroatoms. The SMILES string of the molecule is CC.CN=C/C(Br)=C(\C)NC(/C=C(\C)NCCNC(=O)Nc1cc(O)cc(O)c1)c1ccccc1O. The molecular formula is C26H36BrN5O4. The largest absolute Gasteiger partial charge is 0.508 e. The van der Waals surface area contributed by atoms with E-state index in [4.69, 9.17) is 0 Å². The van der Waals surface area contributed by atoms with Gasteiger partial charge < -0.3 is 36.6 Å². The molecule has 0 aromatic heterocycles. The van der Waals surface area contributed by atoms with Crippen molar-refractivity contribution in [1.29, 1.82) is 0 Å². The molecule has 2 amide bonds. The Morgan fingerprint density at radius 3 is 2.25 bits per heavy atom. The van der Waals surface area contributed by atoms with Gasteiger partial charge in [-0.15, -0.1) is 0 Å². The number of amides is 2. The molecule has 0 fully saturated rings. The molecule has 0 heterocycles. The van der Waals surface area contributed by atoms with Crippen LogP contribution in [-0.4, -0.2) is 47.7 Å². The summed E-state index contributed by atoms with van der Waals surface area (Å²) >= 11 is 3.48. The van der Waals surface area contributed by atoms with Crippen LogP contribution in [0.15, 0.2) is 69.4 Å². The first kappa shape index (κ1) is 30.4. The molecule has 196 valence electrons. The molecule has 1 atom stereocenters. The molecule has 0 aliphatic carbocycles. The second-order valence-electron chi connectivity index (χ2n) is 7.44. The Morgan fingerprint density at radius 1 is 1.03 bits per heavy atom. The lowest BCUT2D eigenvalue weighted by Crippen LogP contribution is -2.34. The molecule has 2 aromatic carbocycles. The van der Waals surface area contributed by atoms with E-state index in [0.29, 0.717) is 18.7 Å². The molecule has 2 aromatic rings. The van der Waals surface area contributed by atoms with Gasteiger partial charge in [-0.05, 0) is 41.9 Å². The first-order valence-electron chi connectivity index (χ1n) is 11.5. The third kappa shape index (κ3) is 10.7. The number of aromatic hydroxyl groups is 3. The van der Waals surface area contributed by atoms with E-state index in [2.05, 4.69) is 42.2 Å². The average Bonchev–Trinajstić information content (AvgIpc) is 2.82. The van der Waals surface area contributed by atoms with E-state index in [1.807, 2.05) is 45.9 Å². The van der Waals surface area contributed by atoms with Crippen LogP contribution < -0.4 is 21.3 Å². The minimum Gasteiger partial charge on any atom is -0.508 e. The summed E-state index contributed by atoms with van der Waals surface area (Å²) in [4.78, 5) is 16.0. The van der Waals surface area contributed by atoms with E-state index >= 15 is 0 Å². The van der Waals surface area contributed by atoms with Gasteiger partial charge in [-0.2, -0.15) is 0 Å². The summed E-state index contributed by atoms with van der Waals surface area (Å²) in [6.07, 6.45) is 3.63. The van der Waals surface area contributed by atoms with E-state index in [9.17, 15) is 20.1 Å². The van der Waals surface area contributed by atoms with E-state index in [-0.39, 0.29) is 29.0 Å². The molecule has 0 radical (unpaired) electrons. The molecule has 0 aliphatic heterocycles. The standard InChI is InChI=1S/C24H30BrN5O4.C2H6/c1-15(27-8-9-28-24(34)30-17-11-18(31)13-19(32)12-17)10-22(20-6-4-5-7-23(20)33)29-16(2)21(25)14-26-3;1-2/h4-7,10-14,22,27,29,31-33H,8-9H2,1-3H3,(H2,28,30,34);1-2H3/b15-10+,21-16-,26-14?;. The summed E-state index contributed by atoms with van der Waals surface area (Å²) in [5.41, 5.74) is 2.68. The van der Waals surface area contributed by atoms with Gasteiger partial charge in [-0.25, -0.2) is 4.79 Å². The van der Waals surface area contributed by atoms with E-state index in [1.165, 1.54) is 18.2 Å². The zero-order chi connectivity index (χ0) is 27.1. The van der Waals surface area contributed by atoms with Gasteiger partial charge >= 0.3 is 6.03 Å². The number of urea groups is 1. The minimum atomic E-state index is -0.467. The van der Waals surface area contributed by atoms with Crippen molar-refractivity contribution in [3.05, 3.63) is 70.0 Å². The van der Waals surface area contributed by atoms with Gasteiger partial charge in [0.15, 0.2) is 0 Å². The number of halogens is 1. The lowest BCUT2D eigenvalue weighted by molar-refractivity contribution is 0.252. The first-order valence-corrected chi connectivity index (χ1v) is 12.3. The maximum Gasteiger partial charge on any atom is 0.319 e. The van der Waals surface area contributed by atoms with Gasteiger partial charge in [-0.1, -0.05) is 32.0 Å². The normalized spacial score (nSPS) is 12.7. The van der Waals surface area contributed by atoms with Crippen LogP contribution in [0, 0.1) is 0 Å². The molecular weight excluding hydrogens is 526 g/mol. The highest BCUT2D eigenvalue weighted by molar-refractivity contribution is 9.12. The number of carbonyl (C=O) groups excluding carboxylic acids is 1. The van der Waals surface area contributed by atoms with E-state index < -0.39 is 6.03 Å². The Bertz CT molecular complexity index is 1070. The zero-order valence-electron chi connectivity index (χ0n) is 21.3. The number of allylic oxidation sites excluding steroid dienone is 3. The molecule has 9 nitrogen and oxygen atoms in total. The van der Waals surface area contributed by atoms with Gasteiger partial charge in [0.2, 0.25) is 0 Å². The first-order chi connectivity index (χ1) is 17.2. The molecule has 0 spiro atoms. The van der Waals surface area contributed by atoms with Gasteiger partial charge in [0.25, 0.3) is 0 Å². The van der Waals surface area contributed by atoms with Crippen molar-refractivity contribution in [1.82, 2.24) is 16.0 Å². The number of para-hydroxylation sites is 1. The van der Waals surface area contributed by atoms with Crippen LogP contribution in [-0.2, 0) is 0 Å². The van der Waals surface area contributed by atoms with Crippen LogP contribution >= 0.6 is 15.9 Å². The number of nitrogens with one attached hydrogen (secondary N) is 4. The average molecular weight is 563 g/mol. The summed E-state index contributed by atoms with van der Waals surface area (Å²) in [6, 6.07) is 10.2. The lowest BCUT2D eigenvalue weighted by Gasteiger charge is -2.20. The maximum atomic E-state index is 12.0. The minimum absolute atomic E-state index is 0.149. The van der Waals surface area contributed by atoms with Crippen molar-refractivity contribution >= 4 is 33.9 Å². The Balaban J connectivity index is 0.00000316. The van der Waals surface area contributed by atoms with Crippen molar-refractivity contribution in [2.24, 2.45) is 4.99 Å². The van der Waals surface area contributed by atoms with Crippen LogP contribution in [0.25, 0.3) is 0 Å². The van der Waals surface area contributed by atoms with Gasteiger partial charge in [0, 0.05) is 67.2 Å². The van der Waals surface area contributed by atoms with Crippen LogP contribution in [0.1, 0.15) is 39.3 Å². The Kier molecular flexibility index (Phi) is 13.6. The zero-order valence-corrected chi connectivity index (χ0v) is 22.8. The van der Waals surface area contributed by atoms with Crippen molar-refractivity contribution in [3.8, 4) is 17.2 Å². The van der Waals surface area contributed by atoms with Crippen molar-refractivity contribution in [3.63, 3.8) is 0 Å². The van der Waals surface area contributed by atoms with Gasteiger partial charge in [-0.3, -0.25) is 4.99 Å². The smallest absolute Gasteiger partial charge is 0.319 e. The molecule has 0 saturated heterocycles. The van der Waals surface area contributed by atoms with Gasteiger partial charge in [0.1, 0.15) is 17.2 Å². The fraction of sp³-hybridized carbons (Fsp3) is 0.308. The molecule has 0 bridgehead atoms. The highest BCUT2D eigenvalue weighted by Crippen LogP contribution is 2.27. The predicted octanol–water partition coefficient (Wildman–Crippen LogP) is 5.10. The van der Waals surface area contributed by atoms with E-state index in [1.54, 1.807) is 25.4 Å². The lowest BCUT2D eigenvalue weighted by atomic mass is 10.0. The third-order valence-corrected chi connectivity index (χ3v) is 5.44. The number of rotatable bonds is 10. The summed E-state index contributed by atoms with van der Waals surface area (Å²) in [5.74, 6) is -0.123. The molecule has 0 saturated carbocycles. The monoisotopic (exact) mass is 561 g/mol. The number of benzene rings is 2. The van der Waals surface area contributed by atoms with Crippen LogP contribution in [0.3, 0.4) is 0 Å². The Labute approximate surface area is 221 Å². The predicted molar refractivity (Wildman–Crippen MR) is 150 cm³/mol. The quantitative estimate of drug-likeness (QED) is 0.159. The number of hydrogen-bond donors (Lipinski definition) is 7. The molecule has 0 aliphatic rings. The summed E-state index contributed by atoms with van der Waals surface area (Å²) in [6.45, 7) is 8.58. The number of hydrogen-bond acceptors (Lipinski definition) is 7. The Hall–Kier alpha value is -3.66. The van der Waals surface area contributed by atoms with Crippen LogP contribution in [0.4, 0.5) is 10.5 Å². The fourth-order valence-corrected chi connectivity index (χ4v) is 3.38. The Morgan fingerprint density at radius 2 is 1.64 bits per heavy atom. The number of phenols is 3. The molecule has 2 rings (SSSR count). The number of phenolic OH excluding ortho intramolecular Hbond substituents is 3. The highest BCUT2D eigenvalue weighted by Gasteiger charge is 2.14. The second-order valence-corrected chi connectivity index (χ2v) is 8.29. The highest BCUT2D eigenvalue weighted by atomic mass is 79.9. The van der Waals surface area contributed by atoms with Gasteiger partial charge in [0.05, 0.1) is 10.5 Å². The fourth-order valence-electron chi connectivity index (χ4n) is 3.06. The molecule has 7 N–H and O–H groups in total.